The van der Waals surface area contributed by atoms with Crippen molar-refractivity contribution in [1.29, 1.82) is 0 Å². The van der Waals surface area contributed by atoms with Crippen molar-refractivity contribution in [1.82, 2.24) is 10.2 Å². The van der Waals surface area contributed by atoms with Gasteiger partial charge in [-0.15, -0.1) is 0 Å². The zero-order valence-corrected chi connectivity index (χ0v) is 23.1. The minimum absolute atomic E-state index is 0.0296. The van der Waals surface area contributed by atoms with Crippen molar-refractivity contribution in [3.05, 3.63) is 64.2 Å². The maximum atomic E-state index is 13.6. The molecular formula is C25H31ClF3N3O4S. The maximum absolute atomic E-state index is 13.6. The van der Waals surface area contributed by atoms with Gasteiger partial charge in [0.05, 0.1) is 22.5 Å². The Bertz CT molecular complexity index is 1260. The number of carbonyl (C=O) groups is 2. The summed E-state index contributed by atoms with van der Waals surface area (Å²) in [5.41, 5.74) is -0.663. The SMILES string of the molecule is Cc1ccccc1CN(C(=O)CN(c1cc(C(F)(F)F)ccc1Cl)S(C)(=O)=O)[C@@H](C)C(=O)NC(C)(C)C. The number of halogens is 4. The van der Waals surface area contributed by atoms with E-state index in [4.69, 9.17) is 11.6 Å². The highest BCUT2D eigenvalue weighted by Gasteiger charge is 2.35. The monoisotopic (exact) mass is 561 g/mol. The number of rotatable bonds is 8. The summed E-state index contributed by atoms with van der Waals surface area (Å²) in [6.45, 7) is 7.74. The Morgan fingerprint density at radius 1 is 1.08 bits per heavy atom. The van der Waals surface area contributed by atoms with E-state index in [1.807, 2.05) is 19.1 Å². The molecule has 0 aliphatic rings. The molecule has 2 rings (SSSR count). The summed E-state index contributed by atoms with van der Waals surface area (Å²) >= 11 is 6.08. The molecule has 2 aromatic rings. The van der Waals surface area contributed by atoms with E-state index in [2.05, 4.69) is 5.32 Å². The second-order valence-electron chi connectivity index (χ2n) is 9.80. The van der Waals surface area contributed by atoms with Gasteiger partial charge in [-0.05, 0) is 63.9 Å². The molecule has 0 aromatic heterocycles. The van der Waals surface area contributed by atoms with Gasteiger partial charge in [-0.1, -0.05) is 35.9 Å². The Hall–Kier alpha value is -2.79. The first kappa shape index (κ1) is 30.4. The van der Waals surface area contributed by atoms with E-state index >= 15 is 0 Å². The van der Waals surface area contributed by atoms with Crippen LogP contribution in [0.1, 0.15) is 44.4 Å². The van der Waals surface area contributed by atoms with E-state index in [0.29, 0.717) is 15.9 Å². The molecule has 0 saturated heterocycles. The second kappa shape index (κ2) is 11.3. The van der Waals surface area contributed by atoms with Crippen LogP contribution >= 0.6 is 11.6 Å². The third-order valence-corrected chi connectivity index (χ3v) is 6.93. The van der Waals surface area contributed by atoms with Crippen molar-refractivity contribution < 1.29 is 31.2 Å². The van der Waals surface area contributed by atoms with Crippen LogP contribution in [0, 0.1) is 6.92 Å². The average Bonchev–Trinajstić information content (AvgIpc) is 2.74. The van der Waals surface area contributed by atoms with Gasteiger partial charge in [0.1, 0.15) is 12.6 Å². The quantitative estimate of drug-likeness (QED) is 0.503. The molecule has 0 aliphatic carbocycles. The Labute approximate surface area is 220 Å². The number of nitrogens with one attached hydrogen (secondary N) is 1. The molecule has 0 saturated carbocycles. The van der Waals surface area contributed by atoms with Gasteiger partial charge in [-0.25, -0.2) is 8.42 Å². The normalized spacial score (nSPS) is 13.1. The lowest BCUT2D eigenvalue weighted by molar-refractivity contribution is -0.140. The van der Waals surface area contributed by atoms with Gasteiger partial charge in [0.25, 0.3) is 0 Å². The van der Waals surface area contributed by atoms with Crippen molar-refractivity contribution in [2.75, 3.05) is 17.1 Å². The van der Waals surface area contributed by atoms with E-state index in [1.165, 1.54) is 11.8 Å². The van der Waals surface area contributed by atoms with Gasteiger partial charge in [0.2, 0.25) is 21.8 Å². The van der Waals surface area contributed by atoms with Gasteiger partial charge in [-0.2, -0.15) is 13.2 Å². The molecule has 0 bridgehead atoms. The minimum atomic E-state index is -4.76. The van der Waals surface area contributed by atoms with E-state index in [1.54, 1.807) is 32.9 Å². The molecule has 2 aromatic carbocycles. The summed E-state index contributed by atoms with van der Waals surface area (Å²) < 4.78 is 65.8. The van der Waals surface area contributed by atoms with Gasteiger partial charge in [-0.3, -0.25) is 13.9 Å². The largest absolute Gasteiger partial charge is 0.416 e. The van der Waals surface area contributed by atoms with E-state index in [-0.39, 0.29) is 11.6 Å². The lowest BCUT2D eigenvalue weighted by Crippen LogP contribution is -2.54. The molecule has 12 heteroatoms. The highest BCUT2D eigenvalue weighted by Crippen LogP contribution is 2.36. The molecule has 37 heavy (non-hydrogen) atoms. The zero-order chi connectivity index (χ0) is 28.3. The molecule has 0 fully saturated rings. The standard InChI is InChI=1S/C25H31ClF3N3O4S/c1-16-9-7-8-10-18(16)14-31(17(2)23(34)30-24(3,4)5)22(33)15-32(37(6,35)36)21-13-19(25(27,28)29)11-12-20(21)26/h7-13,17H,14-15H2,1-6H3,(H,30,34)/t17-/m0/s1. The van der Waals surface area contributed by atoms with Crippen LogP contribution in [0.2, 0.25) is 5.02 Å². The molecule has 2 amide bonds. The molecule has 204 valence electrons. The van der Waals surface area contributed by atoms with Crippen molar-refractivity contribution in [2.45, 2.75) is 58.9 Å². The lowest BCUT2D eigenvalue weighted by atomic mass is 10.1. The predicted octanol–water partition coefficient (Wildman–Crippen LogP) is 4.77. The van der Waals surface area contributed by atoms with Gasteiger partial charge in [0.15, 0.2) is 0 Å². The maximum Gasteiger partial charge on any atom is 0.416 e. The van der Waals surface area contributed by atoms with Crippen LogP contribution in [-0.2, 0) is 32.3 Å². The summed E-state index contributed by atoms with van der Waals surface area (Å²) in [5, 5.41) is 2.51. The van der Waals surface area contributed by atoms with Gasteiger partial charge < -0.3 is 10.2 Å². The zero-order valence-electron chi connectivity index (χ0n) is 21.5. The fraction of sp³-hybridized carbons (Fsp3) is 0.440. The first-order valence-corrected chi connectivity index (χ1v) is 13.5. The van der Waals surface area contributed by atoms with Crippen LogP contribution in [0.15, 0.2) is 42.5 Å². The summed E-state index contributed by atoms with van der Waals surface area (Å²) in [5.74, 6) is -1.27. The Balaban J connectivity index is 2.53. The number of hydrogen-bond donors (Lipinski definition) is 1. The fourth-order valence-electron chi connectivity index (χ4n) is 3.50. The van der Waals surface area contributed by atoms with Crippen molar-refractivity contribution in [3.8, 4) is 0 Å². The van der Waals surface area contributed by atoms with E-state index in [9.17, 15) is 31.2 Å². The highest BCUT2D eigenvalue weighted by atomic mass is 35.5. The van der Waals surface area contributed by atoms with Crippen LogP contribution < -0.4 is 9.62 Å². The summed E-state index contributed by atoms with van der Waals surface area (Å²) in [4.78, 5) is 27.7. The van der Waals surface area contributed by atoms with E-state index in [0.717, 1.165) is 24.0 Å². The Morgan fingerprint density at radius 2 is 1.68 bits per heavy atom. The molecule has 0 aliphatic heterocycles. The molecule has 0 radical (unpaired) electrons. The molecule has 0 unspecified atom stereocenters. The van der Waals surface area contributed by atoms with Crippen molar-refractivity contribution >= 4 is 39.1 Å². The molecule has 7 nitrogen and oxygen atoms in total. The average molecular weight is 562 g/mol. The number of amides is 2. The van der Waals surface area contributed by atoms with Gasteiger partial charge >= 0.3 is 6.18 Å². The number of hydrogen-bond acceptors (Lipinski definition) is 4. The molecule has 0 heterocycles. The summed E-state index contributed by atoms with van der Waals surface area (Å²) in [7, 11) is -4.25. The Kier molecular flexibility index (Phi) is 9.30. The number of anilines is 1. The summed E-state index contributed by atoms with van der Waals surface area (Å²) in [6.07, 6.45) is -4.00. The van der Waals surface area contributed by atoms with Crippen LogP contribution in [0.3, 0.4) is 0 Å². The van der Waals surface area contributed by atoms with Crippen LogP contribution in [0.5, 0.6) is 0 Å². The highest BCUT2D eigenvalue weighted by molar-refractivity contribution is 7.92. The smallest absolute Gasteiger partial charge is 0.350 e. The third kappa shape index (κ3) is 8.36. The predicted molar refractivity (Wildman–Crippen MR) is 138 cm³/mol. The van der Waals surface area contributed by atoms with Crippen molar-refractivity contribution in [3.63, 3.8) is 0 Å². The number of alkyl halides is 3. The lowest BCUT2D eigenvalue weighted by Gasteiger charge is -2.33. The molecule has 1 N–H and O–H groups in total. The number of nitrogens with zero attached hydrogens (tertiary/aromatic N) is 2. The van der Waals surface area contributed by atoms with Crippen molar-refractivity contribution in [2.24, 2.45) is 0 Å². The van der Waals surface area contributed by atoms with Gasteiger partial charge in [0, 0.05) is 12.1 Å². The van der Waals surface area contributed by atoms with Crippen LogP contribution in [-0.4, -0.2) is 49.5 Å². The molecule has 0 spiro atoms. The summed E-state index contributed by atoms with van der Waals surface area (Å²) in [6, 6.07) is 8.36. The van der Waals surface area contributed by atoms with E-state index < -0.39 is 57.4 Å². The minimum Gasteiger partial charge on any atom is -0.350 e. The first-order chi connectivity index (χ1) is 16.8. The number of carbonyl (C=O) groups excluding carboxylic acids is 2. The first-order valence-electron chi connectivity index (χ1n) is 11.3. The third-order valence-electron chi connectivity index (χ3n) is 5.49. The number of benzene rings is 2. The van der Waals surface area contributed by atoms with Crippen LogP contribution in [0.25, 0.3) is 0 Å². The van der Waals surface area contributed by atoms with Crippen LogP contribution in [0.4, 0.5) is 18.9 Å². The topological polar surface area (TPSA) is 86.8 Å². The number of sulfonamides is 1. The fourth-order valence-corrected chi connectivity index (χ4v) is 4.63. The second-order valence-corrected chi connectivity index (χ2v) is 12.1. The Morgan fingerprint density at radius 3 is 2.19 bits per heavy atom. The number of aryl methyl sites for hydroxylation is 1. The molecular weight excluding hydrogens is 531 g/mol. The molecule has 1 atom stereocenters.